The van der Waals surface area contributed by atoms with Gasteiger partial charge in [0.2, 0.25) is 0 Å². The third-order valence-corrected chi connectivity index (χ3v) is 1.93. The second kappa shape index (κ2) is 4.84. The Hall–Kier alpha value is -1.06. The molecule has 0 spiro atoms. The molecule has 0 bridgehead atoms. The van der Waals surface area contributed by atoms with Crippen molar-refractivity contribution in [1.82, 2.24) is 4.90 Å². The zero-order chi connectivity index (χ0) is 9.68. The third kappa shape index (κ3) is 3.05. The van der Waals surface area contributed by atoms with Crippen LogP contribution < -0.4 is 0 Å². The molecular formula is C9H16N2O2. The Labute approximate surface area is 78.6 Å². The minimum Gasteiger partial charge on any atom is -0.440 e. The number of hydrogen-bond acceptors (Lipinski definition) is 4. The fourth-order valence-electron chi connectivity index (χ4n) is 1.26. The molecule has 0 aromatic rings. The van der Waals surface area contributed by atoms with Gasteiger partial charge in [0, 0.05) is 13.5 Å². The van der Waals surface area contributed by atoms with Crippen LogP contribution in [0.5, 0.6) is 0 Å². The number of carbonyl (C=O) groups is 1. The van der Waals surface area contributed by atoms with Crippen LogP contribution in [0.15, 0.2) is 4.99 Å². The molecule has 1 aliphatic rings. The lowest BCUT2D eigenvalue weighted by molar-refractivity contribution is -0.151. The van der Waals surface area contributed by atoms with E-state index < -0.39 is 0 Å². The van der Waals surface area contributed by atoms with Crippen molar-refractivity contribution in [2.75, 3.05) is 13.1 Å². The predicted molar refractivity (Wildman–Crippen MR) is 50.5 cm³/mol. The summed E-state index contributed by atoms with van der Waals surface area (Å²) < 4.78 is 5.08. The van der Waals surface area contributed by atoms with Gasteiger partial charge >= 0.3 is 5.97 Å². The van der Waals surface area contributed by atoms with E-state index in [-0.39, 0.29) is 12.2 Å². The van der Waals surface area contributed by atoms with Gasteiger partial charge < -0.3 is 9.64 Å². The van der Waals surface area contributed by atoms with Crippen LogP contribution in [0.25, 0.3) is 0 Å². The topological polar surface area (TPSA) is 41.9 Å². The molecule has 0 fully saturated rings. The molecule has 0 aromatic heterocycles. The van der Waals surface area contributed by atoms with Crippen molar-refractivity contribution in [1.29, 1.82) is 0 Å². The van der Waals surface area contributed by atoms with Crippen LogP contribution in [-0.2, 0) is 9.53 Å². The van der Waals surface area contributed by atoms with Gasteiger partial charge in [0.25, 0.3) is 0 Å². The maximum absolute atomic E-state index is 10.7. The van der Waals surface area contributed by atoms with E-state index in [2.05, 4.69) is 11.9 Å². The number of esters is 1. The quantitative estimate of drug-likeness (QED) is 0.612. The summed E-state index contributed by atoms with van der Waals surface area (Å²) in [4.78, 5) is 16.8. The Morgan fingerprint density at radius 3 is 3.15 bits per heavy atom. The van der Waals surface area contributed by atoms with E-state index >= 15 is 0 Å². The van der Waals surface area contributed by atoms with Crippen LogP contribution in [0.1, 0.15) is 26.7 Å². The van der Waals surface area contributed by atoms with Crippen LogP contribution in [0.3, 0.4) is 0 Å². The molecule has 4 nitrogen and oxygen atoms in total. The molecule has 0 saturated carbocycles. The average molecular weight is 184 g/mol. The summed E-state index contributed by atoms with van der Waals surface area (Å²) >= 11 is 0. The van der Waals surface area contributed by atoms with Gasteiger partial charge in [0.1, 0.15) is 0 Å². The number of rotatable bonds is 4. The van der Waals surface area contributed by atoms with E-state index in [9.17, 15) is 4.79 Å². The normalized spacial score (nSPS) is 20.8. The maximum Gasteiger partial charge on any atom is 0.304 e. The van der Waals surface area contributed by atoms with Crippen molar-refractivity contribution >= 4 is 12.3 Å². The van der Waals surface area contributed by atoms with Crippen LogP contribution >= 0.6 is 0 Å². The highest BCUT2D eigenvalue weighted by Gasteiger charge is 2.21. The Morgan fingerprint density at radius 1 is 1.77 bits per heavy atom. The number of nitrogens with zero attached hydrogens (tertiary/aromatic N) is 2. The molecule has 0 N–H and O–H groups in total. The highest BCUT2D eigenvalue weighted by atomic mass is 16.6. The molecule has 0 aliphatic carbocycles. The van der Waals surface area contributed by atoms with Crippen LogP contribution in [-0.4, -0.2) is 36.5 Å². The first-order chi connectivity index (χ1) is 6.24. The molecule has 1 atom stereocenters. The van der Waals surface area contributed by atoms with Gasteiger partial charge in [-0.1, -0.05) is 13.3 Å². The summed E-state index contributed by atoms with van der Waals surface area (Å²) in [5.74, 6) is -0.239. The highest BCUT2D eigenvalue weighted by molar-refractivity contribution is 5.67. The highest BCUT2D eigenvalue weighted by Crippen LogP contribution is 2.08. The van der Waals surface area contributed by atoms with Crippen molar-refractivity contribution in [3.8, 4) is 0 Å². The molecule has 1 unspecified atom stereocenters. The van der Waals surface area contributed by atoms with E-state index in [0.717, 1.165) is 19.4 Å². The van der Waals surface area contributed by atoms with Crippen molar-refractivity contribution in [2.24, 2.45) is 4.99 Å². The summed E-state index contributed by atoms with van der Waals surface area (Å²) in [6, 6.07) is 0. The molecule has 4 heteroatoms. The second-order valence-electron chi connectivity index (χ2n) is 3.14. The minimum absolute atomic E-state index is 0.163. The van der Waals surface area contributed by atoms with Crippen molar-refractivity contribution < 1.29 is 9.53 Å². The van der Waals surface area contributed by atoms with Crippen LogP contribution in [0.2, 0.25) is 0 Å². The molecule has 0 amide bonds. The smallest absolute Gasteiger partial charge is 0.304 e. The SMILES string of the molecule is CCCCN1C=NCC1OC(C)=O. The molecule has 1 rings (SSSR count). The fraction of sp³-hybridized carbons (Fsp3) is 0.778. The van der Waals surface area contributed by atoms with Crippen LogP contribution in [0, 0.1) is 0 Å². The van der Waals surface area contributed by atoms with E-state index in [4.69, 9.17) is 4.74 Å². The molecule has 1 aliphatic heterocycles. The van der Waals surface area contributed by atoms with Gasteiger partial charge in [0.05, 0.1) is 12.9 Å². The summed E-state index contributed by atoms with van der Waals surface area (Å²) in [6.07, 6.45) is 3.84. The van der Waals surface area contributed by atoms with E-state index in [1.54, 1.807) is 6.34 Å². The Morgan fingerprint density at radius 2 is 2.54 bits per heavy atom. The van der Waals surface area contributed by atoms with Gasteiger partial charge in [-0.15, -0.1) is 0 Å². The second-order valence-corrected chi connectivity index (χ2v) is 3.14. The lowest BCUT2D eigenvalue weighted by Gasteiger charge is -2.22. The van der Waals surface area contributed by atoms with Crippen molar-refractivity contribution in [3.63, 3.8) is 0 Å². The molecule has 0 aromatic carbocycles. The number of aliphatic imine (C=N–C) groups is 1. The van der Waals surface area contributed by atoms with Crippen molar-refractivity contribution in [2.45, 2.75) is 32.9 Å². The van der Waals surface area contributed by atoms with Gasteiger partial charge in [-0.05, 0) is 6.42 Å². The van der Waals surface area contributed by atoms with Gasteiger partial charge in [-0.3, -0.25) is 9.79 Å². The molecular weight excluding hydrogens is 168 g/mol. The first-order valence-corrected chi connectivity index (χ1v) is 4.67. The Kier molecular flexibility index (Phi) is 3.73. The molecule has 13 heavy (non-hydrogen) atoms. The lowest BCUT2D eigenvalue weighted by Crippen LogP contribution is -2.35. The predicted octanol–water partition coefficient (Wildman–Crippen LogP) is 1.02. The van der Waals surface area contributed by atoms with E-state index in [1.165, 1.54) is 6.92 Å². The number of hydrogen-bond donors (Lipinski definition) is 0. The Balaban J connectivity index is 2.33. The zero-order valence-corrected chi connectivity index (χ0v) is 8.19. The fourth-order valence-corrected chi connectivity index (χ4v) is 1.26. The molecule has 74 valence electrons. The molecule has 1 heterocycles. The summed E-state index contributed by atoms with van der Waals surface area (Å²) in [6.45, 7) is 5.05. The van der Waals surface area contributed by atoms with Gasteiger partial charge in [-0.2, -0.15) is 0 Å². The minimum atomic E-state index is -0.239. The summed E-state index contributed by atoms with van der Waals surface area (Å²) in [7, 11) is 0. The van der Waals surface area contributed by atoms with E-state index in [1.807, 2.05) is 4.90 Å². The van der Waals surface area contributed by atoms with Crippen molar-refractivity contribution in [3.05, 3.63) is 0 Å². The van der Waals surface area contributed by atoms with Gasteiger partial charge in [0.15, 0.2) is 6.23 Å². The monoisotopic (exact) mass is 184 g/mol. The van der Waals surface area contributed by atoms with Gasteiger partial charge in [-0.25, -0.2) is 0 Å². The first kappa shape index (κ1) is 10.0. The standard InChI is InChI=1S/C9H16N2O2/c1-3-4-5-11-7-10-6-9(11)13-8(2)12/h7,9H,3-6H2,1-2H3. The third-order valence-electron chi connectivity index (χ3n) is 1.93. The lowest BCUT2D eigenvalue weighted by atomic mass is 10.3. The molecule has 0 radical (unpaired) electrons. The van der Waals surface area contributed by atoms with Crippen LogP contribution in [0.4, 0.5) is 0 Å². The van der Waals surface area contributed by atoms with E-state index in [0.29, 0.717) is 6.54 Å². The average Bonchev–Trinajstić information content (AvgIpc) is 2.48. The number of ether oxygens (including phenoxy) is 1. The maximum atomic E-state index is 10.7. The Bertz CT molecular complexity index is 204. The summed E-state index contributed by atoms with van der Waals surface area (Å²) in [5, 5.41) is 0. The molecule has 0 saturated heterocycles. The largest absolute Gasteiger partial charge is 0.440 e. The number of unbranched alkanes of at least 4 members (excludes halogenated alkanes) is 1. The first-order valence-electron chi connectivity index (χ1n) is 4.67. The zero-order valence-electron chi connectivity index (χ0n) is 8.19. The summed E-state index contributed by atoms with van der Waals surface area (Å²) in [5.41, 5.74) is 0. The number of carbonyl (C=O) groups excluding carboxylic acids is 1.